The van der Waals surface area contributed by atoms with E-state index in [4.69, 9.17) is 0 Å². The molecule has 2 aliphatic heterocycles. The molecule has 2 amide bonds. The highest BCUT2D eigenvalue weighted by Gasteiger charge is 2.37. The lowest BCUT2D eigenvalue weighted by molar-refractivity contribution is -0.136. The summed E-state index contributed by atoms with van der Waals surface area (Å²) < 4.78 is 0. The van der Waals surface area contributed by atoms with E-state index in [2.05, 4.69) is 22.5 Å². The lowest BCUT2D eigenvalue weighted by Gasteiger charge is -2.32. The van der Waals surface area contributed by atoms with E-state index in [0.29, 0.717) is 22.6 Å². The minimum absolute atomic E-state index is 0.0399. The molecular weight excluding hydrogens is 310 g/mol. The van der Waals surface area contributed by atoms with Crippen molar-refractivity contribution in [1.82, 2.24) is 15.5 Å². The Morgan fingerprint density at radius 3 is 2.48 bits per heavy atom. The molecule has 2 N–H and O–H groups in total. The van der Waals surface area contributed by atoms with Crippen molar-refractivity contribution in [3.05, 3.63) is 0 Å². The molecule has 2 saturated heterocycles. The first kappa shape index (κ1) is 17.1. The SMILES string of the molecule is CC(=O)NC1CCC(C(=O)N2CCC3NC(C)SC3CC2)CC1. The summed E-state index contributed by atoms with van der Waals surface area (Å²) in [6, 6.07) is 0.838. The molecular formula is C17H29N3O2S. The molecule has 1 saturated carbocycles. The monoisotopic (exact) mass is 339 g/mol. The molecule has 0 aromatic rings. The second kappa shape index (κ2) is 7.43. The van der Waals surface area contributed by atoms with Crippen molar-refractivity contribution in [1.29, 1.82) is 0 Å². The van der Waals surface area contributed by atoms with Crippen molar-refractivity contribution in [2.24, 2.45) is 5.92 Å². The van der Waals surface area contributed by atoms with Crippen LogP contribution in [0.25, 0.3) is 0 Å². The van der Waals surface area contributed by atoms with Gasteiger partial charge < -0.3 is 15.5 Å². The Labute approximate surface area is 143 Å². The number of hydrogen-bond donors (Lipinski definition) is 2. The average Bonchev–Trinajstić information content (AvgIpc) is 2.76. The van der Waals surface area contributed by atoms with Gasteiger partial charge in [-0.05, 0) is 45.4 Å². The Kier molecular flexibility index (Phi) is 5.52. The topological polar surface area (TPSA) is 61.4 Å². The van der Waals surface area contributed by atoms with Gasteiger partial charge in [0.05, 0.1) is 5.37 Å². The zero-order chi connectivity index (χ0) is 16.4. The average molecular weight is 340 g/mol. The third-order valence-corrected chi connectivity index (χ3v) is 6.92. The van der Waals surface area contributed by atoms with E-state index in [1.165, 1.54) is 0 Å². The number of amides is 2. The molecule has 3 aliphatic rings. The molecule has 0 aromatic carbocycles. The highest BCUT2D eigenvalue weighted by molar-refractivity contribution is 8.00. The van der Waals surface area contributed by atoms with Crippen LogP contribution in [-0.2, 0) is 9.59 Å². The standard InChI is InChI=1S/C17H29N3O2S/c1-11(21)18-14-5-3-13(4-6-14)17(22)20-9-7-15-16(8-10-20)23-12(2)19-15/h12-16,19H,3-10H2,1-2H3,(H,18,21). The van der Waals surface area contributed by atoms with Crippen LogP contribution < -0.4 is 10.6 Å². The Morgan fingerprint density at radius 1 is 1.09 bits per heavy atom. The number of thioether (sulfide) groups is 1. The van der Waals surface area contributed by atoms with Gasteiger partial charge in [-0.1, -0.05) is 0 Å². The van der Waals surface area contributed by atoms with Crippen molar-refractivity contribution in [2.75, 3.05) is 13.1 Å². The van der Waals surface area contributed by atoms with Crippen LogP contribution >= 0.6 is 11.8 Å². The van der Waals surface area contributed by atoms with Crippen LogP contribution in [0.3, 0.4) is 0 Å². The third kappa shape index (κ3) is 4.21. The van der Waals surface area contributed by atoms with Crippen molar-refractivity contribution in [2.45, 2.75) is 75.1 Å². The number of carbonyl (C=O) groups excluding carboxylic acids is 2. The van der Waals surface area contributed by atoms with E-state index in [1.807, 2.05) is 11.8 Å². The maximum Gasteiger partial charge on any atom is 0.225 e. The molecule has 2 heterocycles. The van der Waals surface area contributed by atoms with E-state index < -0.39 is 0 Å². The summed E-state index contributed by atoms with van der Waals surface area (Å²) in [6.45, 7) is 5.60. The normalized spacial score (nSPS) is 37.8. The van der Waals surface area contributed by atoms with Gasteiger partial charge in [0.2, 0.25) is 11.8 Å². The number of carbonyl (C=O) groups is 2. The predicted molar refractivity (Wildman–Crippen MR) is 93.1 cm³/mol. The van der Waals surface area contributed by atoms with Gasteiger partial charge in [-0.2, -0.15) is 0 Å². The zero-order valence-corrected chi connectivity index (χ0v) is 15.0. The number of fused-ring (bicyclic) bond motifs is 1. The second-order valence-electron chi connectivity index (χ2n) is 7.24. The lowest BCUT2D eigenvalue weighted by atomic mass is 9.85. The van der Waals surface area contributed by atoms with E-state index in [1.54, 1.807) is 6.92 Å². The Hall–Kier alpha value is -0.750. The summed E-state index contributed by atoms with van der Waals surface area (Å²) in [5.41, 5.74) is 0. The second-order valence-corrected chi connectivity index (χ2v) is 8.83. The van der Waals surface area contributed by atoms with Crippen molar-refractivity contribution in [3.8, 4) is 0 Å². The van der Waals surface area contributed by atoms with E-state index in [-0.39, 0.29) is 17.9 Å². The highest BCUT2D eigenvalue weighted by Crippen LogP contribution is 2.34. The molecule has 6 heteroatoms. The van der Waals surface area contributed by atoms with Crippen LogP contribution in [0.1, 0.15) is 52.4 Å². The van der Waals surface area contributed by atoms with Gasteiger partial charge in [0.15, 0.2) is 0 Å². The minimum atomic E-state index is 0.0399. The van der Waals surface area contributed by atoms with Crippen LogP contribution in [-0.4, -0.2) is 52.5 Å². The molecule has 3 unspecified atom stereocenters. The first-order valence-corrected chi connectivity index (χ1v) is 9.94. The van der Waals surface area contributed by atoms with Crippen LogP contribution in [0, 0.1) is 5.92 Å². The smallest absolute Gasteiger partial charge is 0.225 e. The summed E-state index contributed by atoms with van der Waals surface area (Å²) in [7, 11) is 0. The van der Waals surface area contributed by atoms with E-state index in [0.717, 1.165) is 51.6 Å². The molecule has 3 rings (SSSR count). The van der Waals surface area contributed by atoms with Crippen LogP contribution in [0.15, 0.2) is 0 Å². The summed E-state index contributed by atoms with van der Waals surface area (Å²) in [4.78, 5) is 26.1. The largest absolute Gasteiger partial charge is 0.354 e. The van der Waals surface area contributed by atoms with Crippen molar-refractivity contribution >= 4 is 23.6 Å². The molecule has 3 atom stereocenters. The van der Waals surface area contributed by atoms with Crippen molar-refractivity contribution in [3.63, 3.8) is 0 Å². The molecule has 0 bridgehead atoms. The maximum absolute atomic E-state index is 12.8. The summed E-state index contributed by atoms with van der Waals surface area (Å²) in [5.74, 6) is 0.555. The van der Waals surface area contributed by atoms with Crippen LogP contribution in [0.2, 0.25) is 0 Å². The third-order valence-electron chi connectivity index (χ3n) is 5.47. The number of hydrogen-bond acceptors (Lipinski definition) is 4. The predicted octanol–water partition coefficient (Wildman–Crippen LogP) is 1.72. The first-order valence-electron chi connectivity index (χ1n) is 9.00. The van der Waals surface area contributed by atoms with Gasteiger partial charge in [-0.3, -0.25) is 9.59 Å². The Balaban J connectivity index is 1.48. The first-order chi connectivity index (χ1) is 11.0. The maximum atomic E-state index is 12.8. The van der Waals surface area contributed by atoms with Crippen molar-refractivity contribution < 1.29 is 9.59 Å². The number of rotatable bonds is 2. The number of nitrogens with one attached hydrogen (secondary N) is 2. The molecule has 0 radical (unpaired) electrons. The highest BCUT2D eigenvalue weighted by atomic mass is 32.2. The quantitative estimate of drug-likeness (QED) is 0.804. The van der Waals surface area contributed by atoms with Gasteiger partial charge in [0, 0.05) is 43.3 Å². The van der Waals surface area contributed by atoms with Gasteiger partial charge in [0.1, 0.15) is 0 Å². The Morgan fingerprint density at radius 2 is 1.78 bits per heavy atom. The van der Waals surface area contributed by atoms with Gasteiger partial charge in [-0.15, -0.1) is 11.8 Å². The fraction of sp³-hybridized carbons (Fsp3) is 0.882. The summed E-state index contributed by atoms with van der Waals surface area (Å²) in [5, 5.41) is 7.85. The van der Waals surface area contributed by atoms with Crippen LogP contribution in [0.5, 0.6) is 0 Å². The zero-order valence-electron chi connectivity index (χ0n) is 14.2. The molecule has 5 nitrogen and oxygen atoms in total. The molecule has 3 fully saturated rings. The lowest BCUT2D eigenvalue weighted by Crippen LogP contribution is -2.42. The molecule has 0 aromatic heterocycles. The van der Waals surface area contributed by atoms with E-state index >= 15 is 0 Å². The van der Waals surface area contributed by atoms with Gasteiger partial charge >= 0.3 is 0 Å². The minimum Gasteiger partial charge on any atom is -0.354 e. The number of nitrogens with zero attached hydrogens (tertiary/aromatic N) is 1. The molecule has 1 aliphatic carbocycles. The fourth-order valence-electron chi connectivity index (χ4n) is 4.28. The summed E-state index contributed by atoms with van der Waals surface area (Å²) >= 11 is 2.03. The summed E-state index contributed by atoms with van der Waals surface area (Å²) in [6.07, 6.45) is 5.89. The number of likely N-dealkylation sites (tertiary alicyclic amines) is 1. The van der Waals surface area contributed by atoms with Crippen LogP contribution in [0.4, 0.5) is 0 Å². The molecule has 0 spiro atoms. The van der Waals surface area contributed by atoms with E-state index in [9.17, 15) is 9.59 Å². The van der Waals surface area contributed by atoms with Gasteiger partial charge in [-0.25, -0.2) is 0 Å². The molecule has 23 heavy (non-hydrogen) atoms. The van der Waals surface area contributed by atoms with Gasteiger partial charge in [0.25, 0.3) is 0 Å². The Bertz CT molecular complexity index is 435. The molecule has 130 valence electrons. The fourth-order valence-corrected chi connectivity index (χ4v) is 5.71.